The van der Waals surface area contributed by atoms with Crippen LogP contribution < -0.4 is 0 Å². The molecule has 0 aromatic heterocycles. The molecule has 0 bridgehead atoms. The molecule has 0 aliphatic carbocycles. The van der Waals surface area contributed by atoms with Gasteiger partial charge in [0.05, 0.1) is 0 Å². The zero-order chi connectivity index (χ0) is 6.28. The van der Waals surface area contributed by atoms with Crippen LogP contribution in [0.15, 0.2) is 0 Å². The van der Waals surface area contributed by atoms with Crippen molar-refractivity contribution in [1.82, 2.24) is 0 Å². The van der Waals surface area contributed by atoms with Crippen molar-refractivity contribution in [2.45, 2.75) is 6.92 Å². The quantitative estimate of drug-likeness (QED) is 0.391. The van der Waals surface area contributed by atoms with Crippen molar-refractivity contribution in [2.75, 3.05) is 6.61 Å². The predicted molar refractivity (Wildman–Crippen MR) is 30.6 cm³/mol. The van der Waals surface area contributed by atoms with Crippen molar-refractivity contribution >= 4 is 35.7 Å². The maximum atomic E-state index is 8.56. The Kier molecular flexibility index (Phi) is 30.8. The van der Waals surface area contributed by atoms with Gasteiger partial charge >= 0.3 is 35.7 Å². The molecule has 0 atom stereocenters. The molecule has 0 aliphatic rings. The van der Waals surface area contributed by atoms with Gasteiger partial charge in [0.1, 0.15) is 0 Å². The van der Waals surface area contributed by atoms with Gasteiger partial charge in [-0.05, 0) is 6.92 Å². The molecular formula is C3H9NaO4. The third-order valence-electron chi connectivity index (χ3n) is 0. The van der Waals surface area contributed by atoms with Crippen LogP contribution in [0.25, 0.3) is 0 Å². The second-order valence-corrected chi connectivity index (χ2v) is 0.599. The Morgan fingerprint density at radius 3 is 1.50 bits per heavy atom. The van der Waals surface area contributed by atoms with Crippen molar-refractivity contribution < 1.29 is 20.1 Å². The molecule has 0 saturated heterocycles. The van der Waals surface area contributed by atoms with Crippen LogP contribution in [0.2, 0.25) is 0 Å². The van der Waals surface area contributed by atoms with Crippen LogP contribution in [0.1, 0.15) is 6.92 Å². The van der Waals surface area contributed by atoms with Gasteiger partial charge in [-0.2, -0.15) is 0 Å². The molecule has 3 N–H and O–H groups in total. The summed E-state index contributed by atoms with van der Waals surface area (Å²) in [7, 11) is 0. The van der Waals surface area contributed by atoms with Crippen LogP contribution in [0.5, 0.6) is 0 Å². The number of hydrogen-bond donors (Lipinski definition) is 3. The van der Waals surface area contributed by atoms with Crippen LogP contribution in [-0.4, -0.2) is 57.6 Å². The van der Waals surface area contributed by atoms with E-state index in [1.807, 2.05) is 0 Å². The number of aliphatic hydroxyl groups excluding tert-OH is 1. The van der Waals surface area contributed by atoms with E-state index >= 15 is 0 Å². The summed E-state index contributed by atoms with van der Waals surface area (Å²) in [5.74, 6) is 0. The summed E-state index contributed by atoms with van der Waals surface area (Å²) in [5.41, 5.74) is 0. The van der Waals surface area contributed by atoms with Crippen LogP contribution in [0, 0.1) is 0 Å². The second-order valence-electron chi connectivity index (χ2n) is 0.599. The van der Waals surface area contributed by atoms with E-state index in [1.165, 1.54) is 0 Å². The number of carboxylic acid groups (broad SMARTS) is 2. The van der Waals surface area contributed by atoms with Gasteiger partial charge in [-0.25, -0.2) is 4.79 Å². The Bertz CT molecular complexity index is 42.5. The van der Waals surface area contributed by atoms with E-state index in [2.05, 4.69) is 0 Å². The summed E-state index contributed by atoms with van der Waals surface area (Å²) in [6.07, 6.45) is -1.83. The molecule has 0 aromatic carbocycles. The van der Waals surface area contributed by atoms with E-state index in [1.54, 1.807) is 6.92 Å². The molecule has 0 fully saturated rings. The van der Waals surface area contributed by atoms with E-state index in [-0.39, 0.29) is 36.2 Å². The normalized spacial score (nSPS) is 5.25. The van der Waals surface area contributed by atoms with E-state index < -0.39 is 6.16 Å². The first-order chi connectivity index (χ1) is 3.15. The summed E-state index contributed by atoms with van der Waals surface area (Å²) < 4.78 is 0. The van der Waals surface area contributed by atoms with Crippen LogP contribution in [0.4, 0.5) is 4.79 Å². The molecule has 46 valence electrons. The molecule has 0 amide bonds. The fourth-order valence-corrected chi connectivity index (χ4v) is 0. The Morgan fingerprint density at radius 2 is 1.50 bits per heavy atom. The summed E-state index contributed by atoms with van der Waals surface area (Å²) in [6.45, 7) is 1.93. The Morgan fingerprint density at radius 1 is 1.50 bits per heavy atom. The van der Waals surface area contributed by atoms with Gasteiger partial charge in [0.25, 0.3) is 0 Å². The molecule has 0 spiro atoms. The van der Waals surface area contributed by atoms with Crippen LogP contribution >= 0.6 is 0 Å². The molecule has 0 saturated carbocycles. The van der Waals surface area contributed by atoms with E-state index in [0.717, 1.165) is 0 Å². The van der Waals surface area contributed by atoms with E-state index in [4.69, 9.17) is 20.1 Å². The molecule has 8 heavy (non-hydrogen) atoms. The van der Waals surface area contributed by atoms with Gasteiger partial charge in [-0.1, -0.05) is 0 Å². The average molecular weight is 132 g/mol. The predicted octanol–water partition coefficient (Wildman–Crippen LogP) is -0.428. The molecule has 0 aliphatic heterocycles. The van der Waals surface area contributed by atoms with Crippen molar-refractivity contribution in [1.29, 1.82) is 0 Å². The standard InChI is InChI=1S/C2H6O.CH2O3.Na.H/c1-2-3;2-1(3)4;;/h3H,2H2,1H3;(H2,2,3,4);;. The zero-order valence-electron chi connectivity index (χ0n) is 3.96. The summed E-state index contributed by atoms with van der Waals surface area (Å²) in [6, 6.07) is 0. The average Bonchev–Trinajstić information content (AvgIpc) is 1.33. The first-order valence-corrected chi connectivity index (χ1v) is 1.67. The summed E-state index contributed by atoms with van der Waals surface area (Å²) in [5, 5.41) is 21.5. The first kappa shape index (κ1) is 15.7. The van der Waals surface area contributed by atoms with Gasteiger partial charge < -0.3 is 15.3 Å². The topological polar surface area (TPSA) is 77.8 Å². The fourth-order valence-electron chi connectivity index (χ4n) is 0. The van der Waals surface area contributed by atoms with Crippen LogP contribution in [0.3, 0.4) is 0 Å². The number of aliphatic hydroxyl groups is 1. The molecule has 5 heteroatoms. The molecule has 0 unspecified atom stereocenters. The van der Waals surface area contributed by atoms with E-state index in [0.29, 0.717) is 0 Å². The van der Waals surface area contributed by atoms with E-state index in [9.17, 15) is 0 Å². The van der Waals surface area contributed by atoms with Gasteiger partial charge in [0.15, 0.2) is 0 Å². The summed E-state index contributed by atoms with van der Waals surface area (Å²) >= 11 is 0. The Labute approximate surface area is 69.4 Å². The maximum absolute atomic E-state index is 8.56. The van der Waals surface area contributed by atoms with Crippen molar-refractivity contribution in [3.8, 4) is 0 Å². The molecular weight excluding hydrogens is 123 g/mol. The molecule has 0 aromatic rings. The minimum atomic E-state index is -1.83. The number of rotatable bonds is 0. The van der Waals surface area contributed by atoms with Crippen molar-refractivity contribution in [2.24, 2.45) is 0 Å². The Balaban J connectivity index is -0.0000000575. The van der Waals surface area contributed by atoms with Gasteiger partial charge in [-0.15, -0.1) is 0 Å². The van der Waals surface area contributed by atoms with Gasteiger partial charge in [-0.3, -0.25) is 0 Å². The summed E-state index contributed by atoms with van der Waals surface area (Å²) in [4.78, 5) is 8.56. The van der Waals surface area contributed by atoms with Crippen molar-refractivity contribution in [3.05, 3.63) is 0 Å². The van der Waals surface area contributed by atoms with Crippen molar-refractivity contribution in [3.63, 3.8) is 0 Å². The third kappa shape index (κ3) is 3220. The second kappa shape index (κ2) is 15.7. The molecule has 0 radical (unpaired) electrons. The van der Waals surface area contributed by atoms with Crippen LogP contribution in [-0.2, 0) is 0 Å². The minimum absolute atomic E-state index is 0. The molecule has 0 rings (SSSR count). The first-order valence-electron chi connectivity index (χ1n) is 1.67. The zero-order valence-corrected chi connectivity index (χ0v) is 3.96. The van der Waals surface area contributed by atoms with Gasteiger partial charge in [0, 0.05) is 6.61 Å². The molecule has 4 nitrogen and oxygen atoms in total. The Hall–Kier alpha value is 0.230. The van der Waals surface area contributed by atoms with Gasteiger partial charge in [0.2, 0.25) is 0 Å². The fraction of sp³-hybridized carbons (Fsp3) is 0.667. The number of carbonyl (C=O) groups is 1. The molecule has 0 heterocycles. The SMILES string of the molecule is CCO.O=C(O)O.[NaH]. The third-order valence-corrected chi connectivity index (χ3v) is 0. The monoisotopic (exact) mass is 132 g/mol. The number of hydrogen-bond acceptors (Lipinski definition) is 2.